The van der Waals surface area contributed by atoms with Gasteiger partial charge in [0.2, 0.25) is 11.6 Å². The van der Waals surface area contributed by atoms with Crippen molar-refractivity contribution in [1.29, 1.82) is 0 Å². The van der Waals surface area contributed by atoms with Gasteiger partial charge in [-0.15, -0.1) is 0 Å². The third-order valence-corrected chi connectivity index (χ3v) is 5.05. The maximum absolute atomic E-state index is 12.3. The van der Waals surface area contributed by atoms with Crippen LogP contribution < -0.4 is 16.2 Å². The summed E-state index contributed by atoms with van der Waals surface area (Å²) in [6, 6.07) is 15.9. The Bertz CT molecular complexity index is 1330. The normalized spacial score (nSPS) is 10.6. The summed E-state index contributed by atoms with van der Waals surface area (Å²) in [7, 11) is 0. The molecule has 0 aliphatic heterocycles. The number of hydrogen-bond donors (Lipinski definition) is 3. The number of pyridine rings is 1. The zero-order valence-corrected chi connectivity index (χ0v) is 18.3. The molecular weight excluding hydrogens is 478 g/mol. The molecule has 0 saturated heterocycles. The Kier molecular flexibility index (Phi) is 5.90. The lowest BCUT2D eigenvalue weighted by atomic mass is 10.1. The van der Waals surface area contributed by atoms with Crippen LogP contribution in [0.5, 0.6) is 0 Å². The van der Waals surface area contributed by atoms with E-state index in [1.165, 1.54) is 0 Å². The Morgan fingerprint density at radius 3 is 2.53 bits per heavy atom. The molecule has 4 rings (SSSR count). The predicted molar refractivity (Wildman–Crippen MR) is 124 cm³/mol. The van der Waals surface area contributed by atoms with Crippen molar-refractivity contribution < 1.29 is 9.72 Å². The molecule has 10 nitrogen and oxygen atoms in total. The van der Waals surface area contributed by atoms with Crippen LogP contribution in [0, 0.1) is 17.0 Å². The summed E-state index contributed by atoms with van der Waals surface area (Å²) in [4.78, 5) is 36.0. The number of hydrogen-bond acceptors (Lipinski definition) is 8. The fourth-order valence-corrected chi connectivity index (χ4v) is 3.26. The fourth-order valence-electron chi connectivity index (χ4n) is 3.00. The van der Waals surface area contributed by atoms with E-state index in [0.29, 0.717) is 16.8 Å². The lowest BCUT2D eigenvalue weighted by molar-refractivity contribution is -0.383. The Labute approximate surface area is 190 Å². The highest BCUT2D eigenvalue weighted by Crippen LogP contribution is 2.32. The lowest BCUT2D eigenvalue weighted by Gasteiger charge is -2.12. The van der Waals surface area contributed by atoms with Gasteiger partial charge in [0.15, 0.2) is 0 Å². The van der Waals surface area contributed by atoms with Gasteiger partial charge in [-0.1, -0.05) is 34.1 Å². The zero-order valence-electron chi connectivity index (χ0n) is 16.7. The highest BCUT2D eigenvalue weighted by molar-refractivity contribution is 9.10. The molecule has 0 aliphatic carbocycles. The predicted octanol–water partition coefficient (Wildman–Crippen LogP) is 4.50. The van der Waals surface area contributed by atoms with E-state index in [9.17, 15) is 14.9 Å². The number of anilines is 3. The second kappa shape index (κ2) is 8.94. The summed E-state index contributed by atoms with van der Waals surface area (Å²) in [5, 5.41) is 15.7. The quantitative estimate of drug-likeness (QED) is 0.263. The molecule has 0 spiro atoms. The second-order valence-corrected chi connectivity index (χ2v) is 7.63. The van der Waals surface area contributed by atoms with Crippen molar-refractivity contribution in [2.24, 2.45) is 0 Å². The lowest BCUT2D eigenvalue weighted by Crippen LogP contribution is -2.30. The van der Waals surface area contributed by atoms with E-state index in [4.69, 9.17) is 0 Å². The van der Waals surface area contributed by atoms with Crippen LogP contribution in [0.2, 0.25) is 0 Å². The van der Waals surface area contributed by atoms with Crippen LogP contribution in [0.3, 0.4) is 0 Å². The number of amides is 1. The van der Waals surface area contributed by atoms with Crippen molar-refractivity contribution in [1.82, 2.24) is 20.4 Å². The molecule has 2 aromatic heterocycles. The molecule has 3 N–H and O–H groups in total. The summed E-state index contributed by atoms with van der Waals surface area (Å²) in [6.45, 7) is 1.86. The van der Waals surface area contributed by atoms with Gasteiger partial charge in [0, 0.05) is 21.1 Å². The Morgan fingerprint density at radius 1 is 1.03 bits per heavy atom. The first-order valence-corrected chi connectivity index (χ1v) is 10.2. The molecule has 11 heteroatoms. The topological polar surface area (TPSA) is 135 Å². The van der Waals surface area contributed by atoms with E-state index in [0.717, 1.165) is 21.9 Å². The van der Waals surface area contributed by atoms with Crippen molar-refractivity contribution in [2.75, 3.05) is 10.7 Å². The van der Waals surface area contributed by atoms with E-state index in [-0.39, 0.29) is 11.6 Å². The molecule has 0 saturated carbocycles. The number of para-hydroxylation sites is 1. The number of rotatable bonds is 6. The summed E-state index contributed by atoms with van der Waals surface area (Å²) >= 11 is 3.30. The summed E-state index contributed by atoms with van der Waals surface area (Å²) in [5.74, 6) is -0.683. The minimum atomic E-state index is -0.625. The van der Waals surface area contributed by atoms with Gasteiger partial charge in [-0.2, -0.15) is 0 Å². The Morgan fingerprint density at radius 2 is 1.78 bits per heavy atom. The minimum absolute atomic E-state index is 0.0406. The number of benzene rings is 2. The van der Waals surface area contributed by atoms with Gasteiger partial charge in [0.25, 0.3) is 5.91 Å². The largest absolute Gasteiger partial charge is 0.355 e. The molecule has 0 atom stereocenters. The van der Waals surface area contributed by atoms with Crippen LogP contribution in [-0.2, 0) is 0 Å². The van der Waals surface area contributed by atoms with Gasteiger partial charge in [0.1, 0.15) is 6.33 Å². The van der Waals surface area contributed by atoms with E-state index in [2.05, 4.69) is 47.1 Å². The fraction of sp³-hybridized carbons (Fsp3) is 0.0476. The number of aromatic nitrogens is 3. The van der Waals surface area contributed by atoms with Crippen molar-refractivity contribution in [3.05, 3.63) is 86.8 Å². The van der Waals surface area contributed by atoms with Crippen molar-refractivity contribution in [2.45, 2.75) is 6.92 Å². The number of nitrogens with one attached hydrogen (secondary N) is 3. The first kappa shape index (κ1) is 21.1. The van der Waals surface area contributed by atoms with Crippen LogP contribution in [0.4, 0.5) is 23.0 Å². The third-order valence-electron chi connectivity index (χ3n) is 4.52. The van der Waals surface area contributed by atoms with Gasteiger partial charge >= 0.3 is 5.69 Å². The van der Waals surface area contributed by atoms with E-state index in [1.54, 1.807) is 30.3 Å². The number of carbonyl (C=O) groups excluding carboxylic acids is 1. The maximum atomic E-state index is 12.3. The smallest absolute Gasteiger partial charge is 0.332 e. The first-order valence-electron chi connectivity index (χ1n) is 9.37. The summed E-state index contributed by atoms with van der Waals surface area (Å²) < 4.78 is 0.822. The van der Waals surface area contributed by atoms with Gasteiger partial charge in [-0.05, 0) is 43.3 Å². The molecule has 0 unspecified atom stereocenters. The van der Waals surface area contributed by atoms with Gasteiger partial charge in [-0.3, -0.25) is 30.7 Å². The average molecular weight is 494 g/mol. The number of halogens is 1. The summed E-state index contributed by atoms with van der Waals surface area (Å²) in [6.07, 6.45) is 1.16. The Balaban J connectivity index is 1.63. The average Bonchev–Trinajstić information content (AvgIpc) is 2.78. The highest BCUT2D eigenvalue weighted by Gasteiger charge is 2.24. The van der Waals surface area contributed by atoms with E-state index < -0.39 is 16.5 Å². The van der Waals surface area contributed by atoms with Gasteiger partial charge in [-0.25, -0.2) is 9.97 Å². The van der Waals surface area contributed by atoms with Crippen molar-refractivity contribution in [3.63, 3.8) is 0 Å². The Hall–Kier alpha value is -4.12. The number of nitrogens with zero attached hydrogens (tertiary/aromatic N) is 4. The van der Waals surface area contributed by atoms with E-state index in [1.807, 2.05) is 31.2 Å². The molecule has 0 aliphatic rings. The van der Waals surface area contributed by atoms with E-state index >= 15 is 0 Å². The SMILES string of the molecule is Cc1ccc2cccc(Nc3ncnc(NNC(=O)c4ccc(Br)cc4)c3[N+](=O)[O-])c2n1. The van der Waals surface area contributed by atoms with Crippen LogP contribution in [0.1, 0.15) is 16.1 Å². The minimum Gasteiger partial charge on any atom is -0.332 e. The maximum Gasteiger partial charge on any atom is 0.355 e. The molecule has 2 aromatic carbocycles. The van der Waals surface area contributed by atoms with Crippen LogP contribution >= 0.6 is 15.9 Å². The second-order valence-electron chi connectivity index (χ2n) is 6.72. The molecule has 0 bridgehead atoms. The molecule has 32 heavy (non-hydrogen) atoms. The zero-order chi connectivity index (χ0) is 22.7. The van der Waals surface area contributed by atoms with Crippen molar-refractivity contribution in [3.8, 4) is 0 Å². The van der Waals surface area contributed by atoms with Gasteiger partial charge in [0.05, 0.1) is 16.1 Å². The number of fused-ring (bicyclic) bond motifs is 1. The monoisotopic (exact) mass is 493 g/mol. The summed E-state index contributed by atoms with van der Waals surface area (Å²) in [5.41, 5.74) is 6.90. The number of carbonyl (C=O) groups is 1. The van der Waals surface area contributed by atoms with Crippen LogP contribution in [0.15, 0.2) is 65.4 Å². The highest BCUT2D eigenvalue weighted by atomic mass is 79.9. The molecule has 160 valence electrons. The third kappa shape index (κ3) is 4.47. The van der Waals surface area contributed by atoms with Crippen molar-refractivity contribution >= 4 is 55.8 Å². The van der Waals surface area contributed by atoms with Crippen LogP contribution in [-0.4, -0.2) is 25.8 Å². The first-order chi connectivity index (χ1) is 15.4. The van der Waals surface area contributed by atoms with Crippen LogP contribution in [0.25, 0.3) is 10.9 Å². The number of hydrazine groups is 1. The number of nitro groups is 1. The molecular formula is C21H16BrN7O3. The standard InChI is InChI=1S/C21H16BrN7O3/c1-12-5-6-13-3-2-4-16(17(13)25-12)26-19-18(29(31)32)20(24-11-23-19)27-28-21(30)14-7-9-15(22)10-8-14/h2-11H,1H3,(H,28,30)(H2,23,24,26,27). The van der Waals surface area contributed by atoms with Gasteiger partial charge < -0.3 is 5.32 Å². The number of aryl methyl sites for hydroxylation is 1. The molecule has 0 fully saturated rings. The molecule has 4 aromatic rings. The molecule has 1 amide bonds. The molecule has 2 heterocycles. The molecule has 0 radical (unpaired) electrons.